The highest BCUT2D eigenvalue weighted by Crippen LogP contribution is 2.51. The minimum Gasteiger partial charge on any atom is -0.387 e. The van der Waals surface area contributed by atoms with Gasteiger partial charge in [0.25, 0.3) is 0 Å². The van der Waals surface area contributed by atoms with Crippen LogP contribution in [0.1, 0.15) is 0 Å². The zero-order chi connectivity index (χ0) is 16.2. The first kappa shape index (κ1) is 16.7. The van der Waals surface area contributed by atoms with Crippen LogP contribution >= 0.6 is 0 Å². The van der Waals surface area contributed by atoms with Crippen molar-refractivity contribution in [3.8, 4) is 0 Å². The van der Waals surface area contributed by atoms with Gasteiger partial charge in [0.1, 0.15) is 24.4 Å². The number of halogens is 6. The first-order valence-corrected chi connectivity index (χ1v) is 5.55. The molecule has 0 spiro atoms. The van der Waals surface area contributed by atoms with Crippen molar-refractivity contribution in [2.45, 2.75) is 48.8 Å². The van der Waals surface area contributed by atoms with Gasteiger partial charge in [-0.2, -0.15) is 26.3 Å². The summed E-state index contributed by atoms with van der Waals surface area (Å²) in [6.07, 6.45) is -21.4. The van der Waals surface area contributed by atoms with Gasteiger partial charge in [-0.3, -0.25) is 0 Å². The molecule has 2 aliphatic rings. The van der Waals surface area contributed by atoms with Crippen LogP contribution in [0.5, 0.6) is 0 Å². The average Bonchev–Trinajstić information content (AvgIpc) is 2.86. The van der Waals surface area contributed by atoms with Gasteiger partial charge in [-0.15, -0.1) is 0 Å². The Kier molecular flexibility index (Phi) is 3.92. The summed E-state index contributed by atoms with van der Waals surface area (Å²) in [6.45, 7) is -1.19. The van der Waals surface area contributed by atoms with Gasteiger partial charge in [-0.25, -0.2) is 0 Å². The smallest absolute Gasteiger partial charge is 0.387 e. The fourth-order valence-corrected chi connectivity index (χ4v) is 2.09. The minimum absolute atomic E-state index is 1.19. The molecule has 12 heteroatoms. The average molecular weight is 328 g/mol. The highest BCUT2D eigenvalue weighted by atomic mass is 19.4. The van der Waals surface area contributed by atoms with Gasteiger partial charge < -0.3 is 29.5 Å². The molecule has 21 heavy (non-hydrogen) atoms. The molecule has 0 aromatic heterocycles. The lowest BCUT2D eigenvalue weighted by molar-refractivity contribution is -0.444. The summed E-state index contributed by atoms with van der Waals surface area (Å²) in [6, 6.07) is 0. The predicted molar refractivity (Wildman–Crippen MR) is 48.6 cm³/mol. The van der Waals surface area contributed by atoms with E-state index in [1.54, 1.807) is 0 Å². The normalized spacial score (nSPS) is 40.7. The van der Waals surface area contributed by atoms with E-state index < -0.39 is 55.5 Å². The van der Waals surface area contributed by atoms with Crippen molar-refractivity contribution in [3.05, 3.63) is 0 Å². The molecule has 6 nitrogen and oxygen atoms in total. The molecule has 0 saturated carbocycles. The zero-order valence-electron chi connectivity index (χ0n) is 9.93. The van der Waals surface area contributed by atoms with E-state index in [9.17, 15) is 36.6 Å². The van der Waals surface area contributed by atoms with Crippen molar-refractivity contribution >= 4 is 0 Å². The lowest BCUT2D eigenvalue weighted by Gasteiger charge is -2.32. The van der Waals surface area contributed by atoms with Crippen molar-refractivity contribution in [1.29, 1.82) is 0 Å². The summed E-state index contributed by atoms with van der Waals surface area (Å²) in [7, 11) is 0. The molecule has 5 atom stereocenters. The first-order valence-electron chi connectivity index (χ1n) is 5.55. The maximum atomic E-state index is 12.7. The Labute approximate surface area is 112 Å². The fourth-order valence-electron chi connectivity index (χ4n) is 2.09. The van der Waals surface area contributed by atoms with Crippen LogP contribution in [-0.4, -0.2) is 70.8 Å². The molecule has 0 aromatic carbocycles. The number of alkyl halides is 6. The summed E-state index contributed by atoms with van der Waals surface area (Å²) in [5.74, 6) is -4.84. The van der Waals surface area contributed by atoms with Crippen LogP contribution in [-0.2, 0) is 14.2 Å². The number of aliphatic hydroxyl groups excluding tert-OH is 3. The third-order valence-electron chi connectivity index (χ3n) is 3.16. The van der Waals surface area contributed by atoms with E-state index in [1.165, 1.54) is 0 Å². The Morgan fingerprint density at radius 1 is 0.905 bits per heavy atom. The monoisotopic (exact) mass is 328 g/mol. The van der Waals surface area contributed by atoms with E-state index in [-0.39, 0.29) is 0 Å². The second-order valence-corrected chi connectivity index (χ2v) is 4.55. The van der Waals surface area contributed by atoms with Crippen LogP contribution < -0.4 is 0 Å². The highest BCUT2D eigenvalue weighted by molar-refractivity contribution is 4.98. The molecule has 0 radical (unpaired) electrons. The fraction of sp³-hybridized carbons (Fsp3) is 1.00. The molecular formula is C9H10F6O6. The van der Waals surface area contributed by atoms with Crippen molar-refractivity contribution in [3.63, 3.8) is 0 Å². The maximum Gasteiger partial charge on any atom is 0.453 e. The molecule has 124 valence electrons. The third-order valence-corrected chi connectivity index (χ3v) is 3.16. The van der Waals surface area contributed by atoms with Gasteiger partial charge >= 0.3 is 18.1 Å². The molecular weight excluding hydrogens is 318 g/mol. The highest BCUT2D eigenvalue weighted by Gasteiger charge is 2.78. The van der Waals surface area contributed by atoms with E-state index in [1.807, 2.05) is 0 Å². The standard InChI is InChI=1S/C9H10F6O6/c10-8(11,12)7(9(13,14)15)19-1-2(21-7)5-3(16)4(17)6(18)20-5/h2-6,16-18H,1H2/t2-,3-,4-,5-,6-/m1/s1. The topological polar surface area (TPSA) is 88.4 Å². The predicted octanol–water partition coefficient (Wildman–Crippen LogP) is -0.338. The number of hydrogen-bond acceptors (Lipinski definition) is 6. The molecule has 2 aliphatic heterocycles. The second kappa shape index (κ2) is 4.93. The summed E-state index contributed by atoms with van der Waals surface area (Å²) in [5.41, 5.74) is 0. The molecule has 2 fully saturated rings. The molecule has 0 unspecified atom stereocenters. The molecule has 2 saturated heterocycles. The number of hydrogen-bond donors (Lipinski definition) is 3. The quantitative estimate of drug-likeness (QED) is 0.571. The first-order chi connectivity index (χ1) is 9.41. The van der Waals surface area contributed by atoms with Gasteiger partial charge in [0, 0.05) is 0 Å². The molecule has 2 heterocycles. The lowest BCUT2D eigenvalue weighted by atomic mass is 10.1. The van der Waals surface area contributed by atoms with E-state index in [0.29, 0.717) is 0 Å². The zero-order valence-corrected chi connectivity index (χ0v) is 9.93. The van der Waals surface area contributed by atoms with Crippen molar-refractivity contribution < 1.29 is 55.9 Å². The Morgan fingerprint density at radius 3 is 1.76 bits per heavy atom. The van der Waals surface area contributed by atoms with E-state index >= 15 is 0 Å². The third kappa shape index (κ3) is 2.49. The molecule has 0 bridgehead atoms. The molecule has 2 rings (SSSR count). The largest absolute Gasteiger partial charge is 0.453 e. The Balaban J connectivity index is 2.22. The van der Waals surface area contributed by atoms with Gasteiger partial charge in [0.2, 0.25) is 0 Å². The summed E-state index contributed by atoms with van der Waals surface area (Å²) in [5, 5.41) is 27.7. The van der Waals surface area contributed by atoms with Crippen LogP contribution in [0.4, 0.5) is 26.3 Å². The van der Waals surface area contributed by atoms with Crippen LogP contribution in [0.25, 0.3) is 0 Å². The Hall–Kier alpha value is -0.660. The molecule has 3 N–H and O–H groups in total. The van der Waals surface area contributed by atoms with Gasteiger partial charge in [0.15, 0.2) is 6.29 Å². The number of ether oxygens (including phenoxy) is 3. The van der Waals surface area contributed by atoms with Gasteiger partial charge in [-0.1, -0.05) is 0 Å². The van der Waals surface area contributed by atoms with Crippen molar-refractivity contribution in [1.82, 2.24) is 0 Å². The summed E-state index contributed by atoms with van der Waals surface area (Å²) >= 11 is 0. The van der Waals surface area contributed by atoms with E-state index in [4.69, 9.17) is 5.11 Å². The summed E-state index contributed by atoms with van der Waals surface area (Å²) in [4.78, 5) is 0. The van der Waals surface area contributed by atoms with Crippen molar-refractivity contribution in [2.24, 2.45) is 0 Å². The van der Waals surface area contributed by atoms with Crippen LogP contribution in [0, 0.1) is 0 Å². The molecule has 0 aliphatic carbocycles. The van der Waals surface area contributed by atoms with Crippen LogP contribution in [0.15, 0.2) is 0 Å². The van der Waals surface area contributed by atoms with Crippen molar-refractivity contribution in [2.75, 3.05) is 6.61 Å². The van der Waals surface area contributed by atoms with Crippen LogP contribution in [0.2, 0.25) is 0 Å². The minimum atomic E-state index is -5.92. The maximum absolute atomic E-state index is 12.7. The lowest BCUT2D eigenvalue weighted by Crippen LogP contribution is -2.58. The second-order valence-electron chi connectivity index (χ2n) is 4.55. The van der Waals surface area contributed by atoms with Gasteiger partial charge in [0.05, 0.1) is 6.61 Å². The Morgan fingerprint density at radius 2 is 1.43 bits per heavy atom. The summed E-state index contributed by atoms with van der Waals surface area (Å²) < 4.78 is 88.1. The number of aliphatic hydroxyl groups is 3. The van der Waals surface area contributed by atoms with E-state index in [0.717, 1.165) is 0 Å². The van der Waals surface area contributed by atoms with Crippen LogP contribution in [0.3, 0.4) is 0 Å². The van der Waals surface area contributed by atoms with E-state index in [2.05, 4.69) is 14.2 Å². The molecule has 0 aromatic rings. The SMILES string of the molecule is O[C@@H]1[C@@H](O)[C@H](O)O[C@@H]1[C@H]1COC(C(F)(F)F)(C(F)(F)F)O1. The number of rotatable bonds is 1. The van der Waals surface area contributed by atoms with Gasteiger partial charge in [-0.05, 0) is 0 Å². The Bertz CT molecular complexity index is 383. The molecule has 0 amide bonds.